The van der Waals surface area contributed by atoms with Gasteiger partial charge in [-0.2, -0.15) is 10.5 Å². The van der Waals surface area contributed by atoms with Gasteiger partial charge in [0, 0.05) is 5.57 Å². The summed E-state index contributed by atoms with van der Waals surface area (Å²) in [7, 11) is 0.224. The fraction of sp³-hybridized carbons (Fsp3) is 0.636. The Morgan fingerprint density at radius 3 is 1.79 bits per heavy atom. The van der Waals surface area contributed by atoms with E-state index in [4.69, 9.17) is 10.5 Å². The monoisotopic (exact) mass is 209 g/mol. The lowest BCUT2D eigenvalue weighted by Crippen LogP contribution is -2.19. The molecule has 0 aromatic rings. The first-order valence-electron chi connectivity index (χ1n) is 4.41. The Morgan fingerprint density at radius 2 is 1.57 bits per heavy atom. The third-order valence-electron chi connectivity index (χ3n) is 1.86. The lowest BCUT2D eigenvalue weighted by Gasteiger charge is -2.21. The van der Waals surface area contributed by atoms with Gasteiger partial charge in [0.25, 0.3) is 0 Å². The molecular weight excluding hydrogens is 192 g/mol. The van der Waals surface area contributed by atoms with E-state index >= 15 is 0 Å². The third-order valence-corrected chi connectivity index (χ3v) is 2.73. The average molecular weight is 209 g/mol. The smallest absolute Gasteiger partial charge is 0.134 e. The summed E-state index contributed by atoms with van der Waals surface area (Å²) in [6.07, 6.45) is 4.25. The summed E-state index contributed by atoms with van der Waals surface area (Å²) in [5.74, 6) is 0.847. The van der Waals surface area contributed by atoms with Gasteiger partial charge in [0.2, 0.25) is 0 Å². The Balaban J connectivity index is 5.24. The lowest BCUT2D eigenvalue weighted by atomic mass is 9.85. The molecule has 0 amide bonds. The molecule has 0 spiro atoms. The van der Waals surface area contributed by atoms with Crippen molar-refractivity contribution < 1.29 is 0 Å². The molecule has 0 aromatic heterocycles. The summed E-state index contributed by atoms with van der Waals surface area (Å²) in [6, 6.07) is 3.97. The molecule has 0 saturated heterocycles. The van der Waals surface area contributed by atoms with Gasteiger partial charge >= 0.3 is 0 Å². The molecule has 0 unspecified atom stereocenters. The topological polar surface area (TPSA) is 47.6 Å². The Labute approximate surface area is 89.6 Å². The highest BCUT2D eigenvalue weighted by Gasteiger charge is 2.25. The summed E-state index contributed by atoms with van der Waals surface area (Å²) in [4.78, 5) is 0. The van der Waals surface area contributed by atoms with E-state index in [1.165, 1.54) is 0 Å². The van der Waals surface area contributed by atoms with Crippen molar-refractivity contribution in [3.8, 4) is 12.1 Å². The standard InChI is InChI=1S/C11H17N2S/c1-11(2,3)10(8-14(4)5)9(6-12)7-13/h8H2,1-5H3/q+1. The highest BCUT2D eigenvalue weighted by molar-refractivity contribution is 7.95. The molecule has 2 nitrogen and oxygen atoms in total. The fourth-order valence-corrected chi connectivity index (χ4v) is 2.27. The molecule has 0 N–H and O–H groups in total. The second-order valence-corrected chi connectivity index (χ2v) is 6.72. The van der Waals surface area contributed by atoms with Gasteiger partial charge < -0.3 is 0 Å². The van der Waals surface area contributed by atoms with Crippen LogP contribution in [0.5, 0.6) is 0 Å². The average Bonchev–Trinajstić information content (AvgIpc) is 2.02. The van der Waals surface area contributed by atoms with Crippen LogP contribution >= 0.6 is 0 Å². The van der Waals surface area contributed by atoms with Crippen molar-refractivity contribution in [1.82, 2.24) is 0 Å². The molecular formula is C11H17N2S+. The predicted molar refractivity (Wildman–Crippen MR) is 61.8 cm³/mol. The Bertz CT molecular complexity index is 292. The van der Waals surface area contributed by atoms with Crippen LogP contribution in [-0.2, 0) is 10.9 Å². The van der Waals surface area contributed by atoms with Crippen molar-refractivity contribution in [3.63, 3.8) is 0 Å². The van der Waals surface area contributed by atoms with Crippen LogP contribution < -0.4 is 0 Å². The number of nitriles is 2. The summed E-state index contributed by atoms with van der Waals surface area (Å²) < 4.78 is 0. The first-order valence-corrected chi connectivity index (χ1v) is 6.62. The molecule has 0 aliphatic carbocycles. The summed E-state index contributed by atoms with van der Waals surface area (Å²) in [6.45, 7) is 6.14. The first kappa shape index (κ1) is 13.1. The minimum atomic E-state index is -0.0853. The van der Waals surface area contributed by atoms with Gasteiger partial charge in [-0.05, 0) is 16.3 Å². The van der Waals surface area contributed by atoms with Crippen LogP contribution in [0.2, 0.25) is 0 Å². The molecule has 0 saturated carbocycles. The number of hydrogen-bond donors (Lipinski definition) is 0. The molecule has 0 fully saturated rings. The van der Waals surface area contributed by atoms with E-state index in [-0.39, 0.29) is 16.3 Å². The van der Waals surface area contributed by atoms with Crippen LogP contribution in [0.4, 0.5) is 0 Å². The van der Waals surface area contributed by atoms with E-state index in [0.717, 1.165) is 11.3 Å². The van der Waals surface area contributed by atoms with Crippen LogP contribution in [0, 0.1) is 28.1 Å². The van der Waals surface area contributed by atoms with Crippen molar-refractivity contribution in [3.05, 3.63) is 11.1 Å². The second kappa shape index (κ2) is 5.08. The van der Waals surface area contributed by atoms with E-state index in [2.05, 4.69) is 12.5 Å². The number of nitrogens with zero attached hydrogens (tertiary/aromatic N) is 2. The minimum Gasteiger partial charge on any atom is -0.192 e. The maximum atomic E-state index is 8.85. The van der Waals surface area contributed by atoms with Gasteiger partial charge in [-0.15, -0.1) is 0 Å². The highest BCUT2D eigenvalue weighted by atomic mass is 32.2. The quantitative estimate of drug-likeness (QED) is 0.517. The molecule has 0 heterocycles. The SMILES string of the molecule is C[S+](C)CC(=C(C#N)C#N)C(C)(C)C. The van der Waals surface area contributed by atoms with Gasteiger partial charge in [-0.25, -0.2) is 0 Å². The van der Waals surface area contributed by atoms with E-state index in [0.29, 0.717) is 5.57 Å². The molecule has 0 aromatic carbocycles. The van der Waals surface area contributed by atoms with Gasteiger partial charge in [0.1, 0.15) is 23.5 Å². The van der Waals surface area contributed by atoms with Crippen molar-refractivity contribution in [2.24, 2.45) is 5.41 Å². The van der Waals surface area contributed by atoms with Crippen LogP contribution in [0.1, 0.15) is 20.8 Å². The normalized spacial score (nSPS) is 10.6. The van der Waals surface area contributed by atoms with Crippen molar-refractivity contribution in [1.29, 1.82) is 10.5 Å². The summed E-state index contributed by atoms with van der Waals surface area (Å²) in [5.41, 5.74) is 1.19. The molecule has 0 radical (unpaired) electrons. The van der Waals surface area contributed by atoms with Crippen molar-refractivity contribution >= 4 is 10.9 Å². The van der Waals surface area contributed by atoms with E-state index in [1.54, 1.807) is 0 Å². The van der Waals surface area contributed by atoms with Gasteiger partial charge in [0.15, 0.2) is 0 Å². The highest BCUT2D eigenvalue weighted by Crippen LogP contribution is 2.28. The molecule has 0 rings (SSSR count). The maximum absolute atomic E-state index is 8.85. The largest absolute Gasteiger partial charge is 0.192 e. The van der Waals surface area contributed by atoms with E-state index in [9.17, 15) is 0 Å². The predicted octanol–water partition coefficient (Wildman–Crippen LogP) is 2.25. The molecule has 0 aliphatic heterocycles. The third kappa shape index (κ3) is 3.85. The number of hydrogen-bond acceptors (Lipinski definition) is 2. The van der Waals surface area contributed by atoms with Gasteiger partial charge in [-0.1, -0.05) is 20.8 Å². The second-order valence-electron chi connectivity index (χ2n) is 4.46. The summed E-state index contributed by atoms with van der Waals surface area (Å²) in [5, 5.41) is 17.7. The molecule has 76 valence electrons. The van der Waals surface area contributed by atoms with Crippen molar-refractivity contribution in [2.75, 3.05) is 18.3 Å². The van der Waals surface area contributed by atoms with Crippen LogP contribution in [0.3, 0.4) is 0 Å². The van der Waals surface area contributed by atoms with E-state index in [1.807, 2.05) is 32.9 Å². The maximum Gasteiger partial charge on any atom is 0.134 e. The summed E-state index contributed by atoms with van der Waals surface area (Å²) >= 11 is 0. The van der Waals surface area contributed by atoms with Crippen molar-refractivity contribution in [2.45, 2.75) is 20.8 Å². The number of allylic oxidation sites excluding steroid dienone is 1. The van der Waals surface area contributed by atoms with Crippen LogP contribution in [0.25, 0.3) is 0 Å². The lowest BCUT2D eigenvalue weighted by molar-refractivity contribution is 0.504. The van der Waals surface area contributed by atoms with Gasteiger partial charge in [0.05, 0.1) is 12.5 Å². The zero-order valence-electron chi connectivity index (χ0n) is 9.51. The van der Waals surface area contributed by atoms with Gasteiger partial charge in [-0.3, -0.25) is 0 Å². The van der Waals surface area contributed by atoms with Crippen LogP contribution in [-0.4, -0.2) is 18.3 Å². The molecule has 0 bridgehead atoms. The minimum absolute atomic E-state index is 0.0853. The Kier molecular flexibility index (Phi) is 4.74. The fourth-order valence-electron chi connectivity index (χ4n) is 1.11. The molecule has 0 aliphatic rings. The molecule has 14 heavy (non-hydrogen) atoms. The zero-order valence-corrected chi connectivity index (χ0v) is 10.3. The van der Waals surface area contributed by atoms with E-state index < -0.39 is 0 Å². The first-order chi connectivity index (χ1) is 6.32. The van der Waals surface area contributed by atoms with Crippen LogP contribution in [0.15, 0.2) is 11.1 Å². The zero-order chi connectivity index (χ0) is 11.4. The molecule has 3 heteroatoms. The Hall–Kier alpha value is -0.930. The Morgan fingerprint density at radius 1 is 1.14 bits per heavy atom. The number of rotatable bonds is 2. The molecule has 0 atom stereocenters.